The van der Waals surface area contributed by atoms with Gasteiger partial charge in [0, 0.05) is 24.4 Å². The van der Waals surface area contributed by atoms with Gasteiger partial charge in [-0.15, -0.1) is 0 Å². The molecular weight excluding hydrogens is 220 g/mol. The maximum atomic E-state index is 11.7. The van der Waals surface area contributed by atoms with Gasteiger partial charge in [0.2, 0.25) is 5.91 Å². The molecule has 0 aromatic carbocycles. The predicted molar refractivity (Wildman–Crippen MR) is 66.5 cm³/mol. The van der Waals surface area contributed by atoms with Crippen molar-refractivity contribution in [1.82, 2.24) is 5.32 Å². The van der Waals surface area contributed by atoms with Gasteiger partial charge in [0.05, 0.1) is 0 Å². The molecule has 0 rings (SSSR count). The van der Waals surface area contributed by atoms with Crippen LogP contribution in [-0.4, -0.2) is 28.6 Å². The second-order valence-corrected chi connectivity index (χ2v) is 5.44. The van der Waals surface area contributed by atoms with Crippen LogP contribution in [0.2, 0.25) is 0 Å². The molecule has 0 spiro atoms. The van der Waals surface area contributed by atoms with Gasteiger partial charge in [0.1, 0.15) is 0 Å². The zero-order valence-corrected chi connectivity index (χ0v) is 11.1. The highest BCUT2D eigenvalue weighted by molar-refractivity contribution is 5.77. The van der Waals surface area contributed by atoms with Gasteiger partial charge < -0.3 is 16.2 Å². The largest absolute Gasteiger partial charge is 0.481 e. The van der Waals surface area contributed by atoms with Gasteiger partial charge in [-0.05, 0) is 26.2 Å². The Morgan fingerprint density at radius 1 is 1.35 bits per heavy atom. The van der Waals surface area contributed by atoms with E-state index in [0.717, 1.165) is 0 Å². The molecule has 0 aromatic rings. The van der Waals surface area contributed by atoms with E-state index in [-0.39, 0.29) is 30.7 Å². The molecule has 1 amide bonds. The Balaban J connectivity index is 4.13. The minimum atomic E-state index is -0.855. The van der Waals surface area contributed by atoms with Gasteiger partial charge in [0.25, 0.3) is 0 Å². The van der Waals surface area contributed by atoms with Crippen LogP contribution in [0.4, 0.5) is 0 Å². The lowest BCUT2D eigenvalue weighted by molar-refractivity contribution is -0.137. The Bertz CT molecular complexity index is 275. The van der Waals surface area contributed by atoms with Crippen LogP contribution in [0.15, 0.2) is 0 Å². The van der Waals surface area contributed by atoms with E-state index in [0.29, 0.717) is 6.42 Å². The van der Waals surface area contributed by atoms with E-state index in [1.165, 1.54) is 0 Å². The zero-order chi connectivity index (χ0) is 13.6. The number of nitrogens with one attached hydrogen (secondary N) is 1. The Kier molecular flexibility index (Phi) is 6.16. The van der Waals surface area contributed by atoms with Crippen LogP contribution in [0.25, 0.3) is 0 Å². The van der Waals surface area contributed by atoms with Crippen molar-refractivity contribution in [3.8, 4) is 0 Å². The standard InChI is InChI=1S/C12H24N2O3/c1-8(2)9(13)7-10(15)14-12(3,4)6-5-11(16)17/h8-9H,5-7,13H2,1-4H3,(H,14,15)(H,16,17). The van der Waals surface area contributed by atoms with Gasteiger partial charge in [-0.2, -0.15) is 0 Å². The first-order chi connectivity index (χ1) is 7.64. The fourth-order valence-electron chi connectivity index (χ4n) is 1.36. The molecule has 0 saturated carbocycles. The van der Waals surface area contributed by atoms with Gasteiger partial charge in [-0.3, -0.25) is 9.59 Å². The number of carboxylic acid groups (broad SMARTS) is 1. The Hall–Kier alpha value is -1.10. The molecule has 17 heavy (non-hydrogen) atoms. The first-order valence-electron chi connectivity index (χ1n) is 5.92. The third-order valence-electron chi connectivity index (χ3n) is 2.72. The number of carbonyl (C=O) groups excluding carboxylic acids is 1. The number of hydrogen-bond acceptors (Lipinski definition) is 3. The van der Waals surface area contributed by atoms with Crippen LogP contribution in [-0.2, 0) is 9.59 Å². The molecule has 5 heteroatoms. The van der Waals surface area contributed by atoms with Gasteiger partial charge in [-0.25, -0.2) is 0 Å². The highest BCUT2D eigenvalue weighted by Gasteiger charge is 2.23. The summed E-state index contributed by atoms with van der Waals surface area (Å²) in [6.07, 6.45) is 0.725. The number of aliphatic carboxylic acids is 1. The molecule has 1 unspecified atom stereocenters. The van der Waals surface area contributed by atoms with Crippen LogP contribution in [0.3, 0.4) is 0 Å². The van der Waals surface area contributed by atoms with Gasteiger partial charge in [-0.1, -0.05) is 13.8 Å². The zero-order valence-electron chi connectivity index (χ0n) is 11.1. The van der Waals surface area contributed by atoms with E-state index in [1.807, 2.05) is 27.7 Å². The summed E-state index contributed by atoms with van der Waals surface area (Å²) in [5, 5.41) is 11.4. The molecular formula is C12H24N2O3. The monoisotopic (exact) mass is 244 g/mol. The predicted octanol–water partition coefficient (Wildman–Crippen LogP) is 1.12. The third-order valence-corrected chi connectivity index (χ3v) is 2.72. The highest BCUT2D eigenvalue weighted by Crippen LogP contribution is 2.12. The van der Waals surface area contributed by atoms with Gasteiger partial charge in [0.15, 0.2) is 0 Å². The van der Waals surface area contributed by atoms with Crippen molar-refractivity contribution < 1.29 is 14.7 Å². The minimum absolute atomic E-state index is 0.0452. The van der Waals surface area contributed by atoms with Crippen molar-refractivity contribution in [1.29, 1.82) is 0 Å². The topological polar surface area (TPSA) is 92.4 Å². The number of rotatable bonds is 7. The summed E-state index contributed by atoms with van der Waals surface area (Å²) < 4.78 is 0. The summed E-state index contributed by atoms with van der Waals surface area (Å²) in [5.74, 6) is -0.726. The smallest absolute Gasteiger partial charge is 0.303 e. The summed E-state index contributed by atoms with van der Waals surface area (Å²) in [4.78, 5) is 22.1. The van der Waals surface area contributed by atoms with Gasteiger partial charge >= 0.3 is 5.97 Å². The number of carboxylic acids is 1. The summed E-state index contributed by atoms with van der Waals surface area (Å²) in [6, 6.07) is -0.162. The molecule has 4 N–H and O–H groups in total. The molecule has 0 radical (unpaired) electrons. The first kappa shape index (κ1) is 15.9. The molecule has 0 aliphatic heterocycles. The SMILES string of the molecule is CC(C)C(N)CC(=O)NC(C)(C)CCC(=O)O. The lowest BCUT2D eigenvalue weighted by Gasteiger charge is -2.27. The average Bonchev–Trinajstić information content (AvgIpc) is 2.13. The lowest BCUT2D eigenvalue weighted by atomic mass is 9.96. The maximum absolute atomic E-state index is 11.7. The Labute approximate surface area is 103 Å². The van der Waals surface area contributed by atoms with E-state index >= 15 is 0 Å². The number of nitrogens with two attached hydrogens (primary N) is 1. The fraction of sp³-hybridized carbons (Fsp3) is 0.833. The molecule has 0 aromatic heterocycles. The lowest BCUT2D eigenvalue weighted by Crippen LogP contribution is -2.46. The Morgan fingerprint density at radius 2 is 1.88 bits per heavy atom. The second-order valence-electron chi connectivity index (χ2n) is 5.44. The fourth-order valence-corrected chi connectivity index (χ4v) is 1.36. The number of hydrogen-bond donors (Lipinski definition) is 3. The molecule has 0 aliphatic rings. The molecule has 0 bridgehead atoms. The van der Waals surface area contributed by atoms with Crippen molar-refractivity contribution >= 4 is 11.9 Å². The van der Waals surface area contributed by atoms with Crippen molar-refractivity contribution in [3.63, 3.8) is 0 Å². The van der Waals surface area contributed by atoms with Crippen molar-refractivity contribution in [2.45, 2.75) is 58.5 Å². The first-order valence-corrected chi connectivity index (χ1v) is 5.92. The third kappa shape index (κ3) is 7.74. The van der Waals surface area contributed by atoms with E-state index in [2.05, 4.69) is 5.32 Å². The van der Waals surface area contributed by atoms with Crippen LogP contribution < -0.4 is 11.1 Å². The van der Waals surface area contributed by atoms with Crippen molar-refractivity contribution in [2.24, 2.45) is 11.7 Å². The van der Waals surface area contributed by atoms with E-state index in [9.17, 15) is 9.59 Å². The normalized spacial score (nSPS) is 13.5. The van der Waals surface area contributed by atoms with Crippen LogP contribution in [0, 0.1) is 5.92 Å². The average molecular weight is 244 g/mol. The summed E-state index contributed by atoms with van der Waals surface area (Å²) in [5.41, 5.74) is 5.30. The number of carbonyl (C=O) groups is 2. The number of amides is 1. The van der Waals surface area contributed by atoms with E-state index < -0.39 is 11.5 Å². The molecule has 0 saturated heterocycles. The highest BCUT2D eigenvalue weighted by atomic mass is 16.4. The molecule has 5 nitrogen and oxygen atoms in total. The van der Waals surface area contributed by atoms with E-state index in [4.69, 9.17) is 10.8 Å². The quantitative estimate of drug-likeness (QED) is 0.625. The summed E-state index contributed by atoms with van der Waals surface area (Å²) in [6.45, 7) is 7.56. The van der Waals surface area contributed by atoms with Crippen molar-refractivity contribution in [3.05, 3.63) is 0 Å². The molecule has 0 fully saturated rings. The summed E-state index contributed by atoms with van der Waals surface area (Å²) >= 11 is 0. The Morgan fingerprint density at radius 3 is 2.29 bits per heavy atom. The van der Waals surface area contributed by atoms with Crippen LogP contribution in [0.1, 0.15) is 47.0 Å². The minimum Gasteiger partial charge on any atom is -0.481 e. The maximum Gasteiger partial charge on any atom is 0.303 e. The second kappa shape index (κ2) is 6.59. The molecule has 100 valence electrons. The van der Waals surface area contributed by atoms with E-state index in [1.54, 1.807) is 0 Å². The van der Waals surface area contributed by atoms with Crippen LogP contribution in [0.5, 0.6) is 0 Å². The molecule has 1 atom stereocenters. The van der Waals surface area contributed by atoms with Crippen LogP contribution >= 0.6 is 0 Å². The van der Waals surface area contributed by atoms with Crippen molar-refractivity contribution in [2.75, 3.05) is 0 Å². The molecule has 0 aliphatic carbocycles. The molecule has 0 heterocycles. The summed E-state index contributed by atoms with van der Waals surface area (Å²) in [7, 11) is 0.